The zero-order valence-corrected chi connectivity index (χ0v) is 12.4. The Kier molecular flexibility index (Phi) is 5.17. The number of benzene rings is 2. The second-order valence-electron chi connectivity index (χ2n) is 4.89. The molecule has 0 radical (unpaired) electrons. The van der Waals surface area contributed by atoms with Gasteiger partial charge in [0.2, 0.25) is 0 Å². The molecule has 0 saturated carbocycles. The van der Waals surface area contributed by atoms with Gasteiger partial charge in [-0.1, -0.05) is 11.6 Å². The van der Waals surface area contributed by atoms with Crippen molar-refractivity contribution >= 4 is 0 Å². The van der Waals surface area contributed by atoms with Gasteiger partial charge in [0.25, 0.3) is 0 Å². The molecule has 2 aromatic rings. The third kappa shape index (κ3) is 3.95. The first-order valence-electron chi connectivity index (χ1n) is 6.89. The van der Waals surface area contributed by atoms with Gasteiger partial charge in [0.1, 0.15) is 23.9 Å². The molecule has 0 aliphatic carbocycles. The monoisotopic (exact) mass is 289 g/mol. The molecular weight excluding hydrogens is 269 g/mol. The van der Waals surface area contributed by atoms with E-state index in [2.05, 4.69) is 0 Å². The van der Waals surface area contributed by atoms with Gasteiger partial charge in [0, 0.05) is 5.56 Å². The Balaban J connectivity index is 2.18. The van der Waals surface area contributed by atoms with Crippen molar-refractivity contribution in [3.05, 3.63) is 58.9 Å². The summed E-state index contributed by atoms with van der Waals surface area (Å²) in [5, 5.41) is 0. The Labute approximate surface area is 124 Å². The second kappa shape index (κ2) is 7.09. The van der Waals surface area contributed by atoms with Crippen LogP contribution in [0.1, 0.15) is 16.7 Å². The summed E-state index contributed by atoms with van der Waals surface area (Å²) < 4.78 is 24.4. The van der Waals surface area contributed by atoms with Crippen LogP contribution in [0.25, 0.3) is 0 Å². The third-order valence-electron chi connectivity index (χ3n) is 3.26. The molecule has 3 nitrogen and oxygen atoms in total. The highest BCUT2D eigenvalue weighted by atomic mass is 19.1. The molecule has 21 heavy (non-hydrogen) atoms. The third-order valence-corrected chi connectivity index (χ3v) is 3.26. The second-order valence-corrected chi connectivity index (χ2v) is 4.89. The van der Waals surface area contributed by atoms with Crippen molar-refractivity contribution < 1.29 is 13.9 Å². The number of rotatable bonds is 6. The Morgan fingerprint density at radius 2 is 1.81 bits per heavy atom. The van der Waals surface area contributed by atoms with Gasteiger partial charge in [-0.2, -0.15) is 0 Å². The van der Waals surface area contributed by atoms with E-state index in [1.54, 1.807) is 13.2 Å². The summed E-state index contributed by atoms with van der Waals surface area (Å²) in [5.41, 5.74) is 8.43. The SMILES string of the molecule is COc1ccc(C)cc1COc1ccc(F)cc1CCN. The van der Waals surface area contributed by atoms with Crippen LogP contribution in [0, 0.1) is 12.7 Å². The lowest BCUT2D eigenvalue weighted by Gasteiger charge is -2.14. The van der Waals surface area contributed by atoms with Crippen LogP contribution in [-0.2, 0) is 13.0 Å². The first-order valence-corrected chi connectivity index (χ1v) is 6.89. The largest absolute Gasteiger partial charge is 0.496 e. The summed E-state index contributed by atoms with van der Waals surface area (Å²) in [6.45, 7) is 2.84. The van der Waals surface area contributed by atoms with Gasteiger partial charge in [-0.25, -0.2) is 4.39 Å². The number of aryl methyl sites for hydroxylation is 1. The Morgan fingerprint density at radius 1 is 1.05 bits per heavy atom. The number of nitrogens with two attached hydrogens (primary N) is 1. The van der Waals surface area contributed by atoms with Crippen molar-refractivity contribution in [1.29, 1.82) is 0 Å². The van der Waals surface area contributed by atoms with Crippen LogP contribution in [0.4, 0.5) is 4.39 Å². The van der Waals surface area contributed by atoms with Crippen LogP contribution in [0.15, 0.2) is 36.4 Å². The van der Waals surface area contributed by atoms with E-state index in [0.29, 0.717) is 25.3 Å². The fourth-order valence-electron chi connectivity index (χ4n) is 2.22. The zero-order chi connectivity index (χ0) is 15.2. The molecule has 0 atom stereocenters. The highest BCUT2D eigenvalue weighted by Gasteiger charge is 2.08. The molecule has 0 fully saturated rings. The van der Waals surface area contributed by atoms with Crippen LogP contribution < -0.4 is 15.2 Å². The summed E-state index contributed by atoms with van der Waals surface area (Å²) in [5.74, 6) is 1.16. The predicted molar refractivity (Wildman–Crippen MR) is 81.2 cm³/mol. The van der Waals surface area contributed by atoms with E-state index in [1.165, 1.54) is 12.1 Å². The Bertz CT molecular complexity index is 614. The van der Waals surface area contributed by atoms with Crippen LogP contribution in [0.2, 0.25) is 0 Å². The molecular formula is C17H20FNO2. The summed E-state index contributed by atoms with van der Waals surface area (Å²) in [6.07, 6.45) is 0.581. The van der Waals surface area contributed by atoms with E-state index in [4.69, 9.17) is 15.2 Å². The Morgan fingerprint density at radius 3 is 2.52 bits per heavy atom. The molecule has 0 aliphatic heterocycles. The maximum absolute atomic E-state index is 13.3. The molecule has 0 saturated heterocycles. The molecule has 0 aliphatic rings. The van der Waals surface area contributed by atoms with E-state index in [9.17, 15) is 4.39 Å². The first kappa shape index (κ1) is 15.3. The van der Waals surface area contributed by atoms with Crippen molar-refractivity contribution in [1.82, 2.24) is 0 Å². The summed E-state index contributed by atoms with van der Waals surface area (Å²) in [7, 11) is 1.63. The van der Waals surface area contributed by atoms with Crippen molar-refractivity contribution in [2.24, 2.45) is 5.73 Å². The zero-order valence-electron chi connectivity index (χ0n) is 12.4. The van der Waals surface area contributed by atoms with E-state index < -0.39 is 0 Å². The van der Waals surface area contributed by atoms with Crippen molar-refractivity contribution in [2.45, 2.75) is 20.0 Å². The quantitative estimate of drug-likeness (QED) is 0.888. The van der Waals surface area contributed by atoms with Gasteiger partial charge in [0.15, 0.2) is 0 Å². The van der Waals surface area contributed by atoms with E-state index in [-0.39, 0.29) is 5.82 Å². The normalized spacial score (nSPS) is 10.5. The maximum atomic E-state index is 13.3. The number of halogens is 1. The first-order chi connectivity index (χ1) is 10.1. The van der Waals surface area contributed by atoms with Gasteiger partial charge in [-0.05, 0) is 55.8 Å². The molecule has 4 heteroatoms. The minimum atomic E-state index is -0.279. The molecule has 2 N–H and O–H groups in total. The van der Waals surface area contributed by atoms with Gasteiger partial charge in [-0.3, -0.25) is 0 Å². The highest BCUT2D eigenvalue weighted by molar-refractivity contribution is 5.38. The maximum Gasteiger partial charge on any atom is 0.125 e. The predicted octanol–water partition coefficient (Wildman–Crippen LogP) is 3.22. The molecule has 0 aromatic heterocycles. The van der Waals surface area contributed by atoms with E-state index >= 15 is 0 Å². The fourth-order valence-corrected chi connectivity index (χ4v) is 2.22. The van der Waals surface area contributed by atoms with E-state index in [1.807, 2.05) is 25.1 Å². The van der Waals surface area contributed by atoms with Crippen LogP contribution in [-0.4, -0.2) is 13.7 Å². The minimum absolute atomic E-state index is 0.279. The summed E-state index contributed by atoms with van der Waals surface area (Å²) >= 11 is 0. The van der Waals surface area contributed by atoms with Crippen LogP contribution in [0.5, 0.6) is 11.5 Å². The lowest BCUT2D eigenvalue weighted by molar-refractivity contribution is 0.293. The van der Waals surface area contributed by atoms with Gasteiger partial charge in [0.05, 0.1) is 7.11 Å². The van der Waals surface area contributed by atoms with Crippen molar-refractivity contribution in [3.8, 4) is 11.5 Å². The van der Waals surface area contributed by atoms with Crippen LogP contribution >= 0.6 is 0 Å². The topological polar surface area (TPSA) is 44.5 Å². The van der Waals surface area contributed by atoms with Gasteiger partial charge >= 0.3 is 0 Å². The molecule has 0 amide bonds. The molecule has 112 valence electrons. The van der Waals surface area contributed by atoms with Crippen molar-refractivity contribution in [2.75, 3.05) is 13.7 Å². The number of hydrogen-bond acceptors (Lipinski definition) is 3. The summed E-state index contributed by atoms with van der Waals surface area (Å²) in [4.78, 5) is 0. The van der Waals surface area contributed by atoms with Gasteiger partial charge in [-0.15, -0.1) is 0 Å². The molecule has 0 heterocycles. The number of methoxy groups -OCH3 is 1. The smallest absolute Gasteiger partial charge is 0.125 e. The molecule has 0 spiro atoms. The average molecular weight is 289 g/mol. The molecule has 2 aromatic carbocycles. The lowest BCUT2D eigenvalue weighted by Crippen LogP contribution is -2.06. The van der Waals surface area contributed by atoms with Crippen molar-refractivity contribution in [3.63, 3.8) is 0 Å². The minimum Gasteiger partial charge on any atom is -0.496 e. The molecule has 0 unspecified atom stereocenters. The fraction of sp³-hybridized carbons (Fsp3) is 0.294. The Hall–Kier alpha value is -2.07. The lowest BCUT2D eigenvalue weighted by atomic mass is 10.1. The van der Waals surface area contributed by atoms with Crippen LogP contribution in [0.3, 0.4) is 0 Å². The van der Waals surface area contributed by atoms with Gasteiger partial charge < -0.3 is 15.2 Å². The van der Waals surface area contributed by atoms with E-state index in [0.717, 1.165) is 22.4 Å². The number of ether oxygens (including phenoxy) is 2. The standard InChI is InChI=1S/C17H20FNO2/c1-12-3-5-16(20-2)14(9-12)11-21-17-6-4-15(18)10-13(17)7-8-19/h3-6,9-10H,7-8,11,19H2,1-2H3. The highest BCUT2D eigenvalue weighted by Crippen LogP contribution is 2.25. The molecule has 0 bridgehead atoms. The summed E-state index contributed by atoms with van der Waals surface area (Å²) in [6, 6.07) is 10.4. The number of hydrogen-bond donors (Lipinski definition) is 1. The average Bonchev–Trinajstić information content (AvgIpc) is 2.47. The molecule has 2 rings (SSSR count).